The van der Waals surface area contributed by atoms with E-state index in [0.29, 0.717) is 105 Å². The van der Waals surface area contributed by atoms with Crippen LogP contribution in [0, 0.1) is 0 Å². The Bertz CT molecular complexity index is 1920. The fraction of sp³-hybridized carbons (Fsp3) is 0.939. The Morgan fingerprint density at radius 1 is 0.109 bits per heavy atom. The SMILES string of the molecule is NCCCN(CCCN)CCCN(CCCN(CCCN)CCCN)CCCN(CCCN(CCCN(CCCN)CCCN)CCCN(CCCN)CCCN)CCCN(CCCN(CCCN(CCCN(CCCN)CCCN)CCCN(CCCN)CCCN)CCCN(CCCN(CCCN)CCCN)CCCN(CCCN)CCCN)CCc1ccccc1. The Morgan fingerprint density at radius 3 is 0.287 bits per heavy atom. The summed E-state index contributed by atoms with van der Waals surface area (Å²) in [6, 6.07) is 11.3. The van der Waals surface area contributed by atoms with Gasteiger partial charge in [-0.05, 0) is 597 Å². The fourth-order valence-corrected chi connectivity index (χ4v) is 18.3. The van der Waals surface area contributed by atoms with E-state index >= 15 is 0 Å². The zero-order chi connectivity index (χ0) is 93.8. The first-order valence-electron chi connectivity index (χ1n) is 53.5. The van der Waals surface area contributed by atoms with Crippen molar-refractivity contribution in [3.05, 3.63) is 35.9 Å². The highest BCUT2D eigenvalue weighted by Gasteiger charge is 2.21. The van der Waals surface area contributed by atoms with Crippen LogP contribution in [0.4, 0.5) is 0 Å². The minimum Gasteiger partial charge on any atom is -0.330 e. The lowest BCUT2D eigenvalue weighted by molar-refractivity contribution is 0.170. The maximum Gasteiger partial charge on any atom is 0.00218 e. The van der Waals surface area contributed by atoms with Crippen LogP contribution in [-0.2, 0) is 6.42 Å². The predicted octanol–water partition coefficient (Wildman–Crippen LogP) is 1.80. The second-order valence-electron chi connectivity index (χ2n) is 37.1. The summed E-state index contributed by atoms with van der Waals surface area (Å²) in [6.45, 7) is 59.4. The van der Waals surface area contributed by atoms with Gasteiger partial charge in [0.2, 0.25) is 0 Å². The van der Waals surface area contributed by atoms with E-state index in [1.807, 2.05) is 0 Å². The van der Waals surface area contributed by atoms with Crippen LogP contribution in [0.1, 0.15) is 198 Å². The molecule has 1 aromatic rings. The van der Waals surface area contributed by atoms with Crippen molar-refractivity contribution in [1.29, 1.82) is 0 Å². The number of hydrogen-bond donors (Lipinski definition) is 16. The molecule has 0 heterocycles. The first-order valence-corrected chi connectivity index (χ1v) is 53.5. The number of rotatable bonds is 107. The summed E-state index contributed by atoms with van der Waals surface area (Å²) >= 11 is 0. The first kappa shape index (κ1) is 125. The Kier molecular flexibility index (Phi) is 93.3. The Hall–Kier alpha value is -2.02. The molecule has 0 saturated heterocycles. The molecular formula is C98H221N31. The smallest absolute Gasteiger partial charge is 0.00218 e. The van der Waals surface area contributed by atoms with Gasteiger partial charge in [0.15, 0.2) is 0 Å². The number of hydrogen-bond acceptors (Lipinski definition) is 31. The lowest BCUT2D eigenvalue weighted by atomic mass is 10.1. The minimum absolute atomic E-state index is 0.715. The highest BCUT2D eigenvalue weighted by molar-refractivity contribution is 5.15. The summed E-state index contributed by atoms with van der Waals surface area (Å²) in [4.78, 5) is 40.7. The summed E-state index contributed by atoms with van der Waals surface area (Å²) in [7, 11) is 0. The Balaban J connectivity index is 4.07. The molecule has 0 atom stereocenters. The lowest BCUT2D eigenvalue weighted by Crippen LogP contribution is -2.39. The van der Waals surface area contributed by atoms with E-state index in [1.165, 1.54) is 5.56 Å². The Labute approximate surface area is 795 Å². The molecule has 0 spiro atoms. The van der Waals surface area contributed by atoms with Gasteiger partial charge in [0.05, 0.1) is 0 Å². The molecule has 0 saturated carbocycles. The second-order valence-corrected chi connectivity index (χ2v) is 37.1. The van der Waals surface area contributed by atoms with E-state index in [9.17, 15) is 0 Å². The van der Waals surface area contributed by atoms with E-state index in [-0.39, 0.29) is 0 Å². The maximum atomic E-state index is 6.10. The van der Waals surface area contributed by atoms with Gasteiger partial charge in [0.1, 0.15) is 0 Å². The topological polar surface area (TPSA) is 465 Å². The molecule has 0 unspecified atom stereocenters. The van der Waals surface area contributed by atoms with Crippen LogP contribution >= 0.6 is 0 Å². The lowest BCUT2D eigenvalue weighted by Gasteiger charge is -2.31. The quantitative estimate of drug-likeness (QED) is 0.0442. The van der Waals surface area contributed by atoms with Gasteiger partial charge in [0, 0.05) is 6.54 Å². The first-order chi connectivity index (χ1) is 63.4. The highest BCUT2D eigenvalue weighted by atomic mass is 15.2. The van der Waals surface area contributed by atoms with Crippen molar-refractivity contribution in [3.63, 3.8) is 0 Å². The molecule has 31 heteroatoms. The molecule has 768 valence electrons. The average Bonchev–Trinajstić information content (AvgIpc) is 0.925. The van der Waals surface area contributed by atoms with Gasteiger partial charge in [0.25, 0.3) is 0 Å². The maximum absolute atomic E-state index is 6.10. The molecular weight excluding hydrogens is 1610 g/mol. The van der Waals surface area contributed by atoms with Crippen molar-refractivity contribution in [2.75, 3.05) is 399 Å². The molecule has 0 aromatic heterocycles. The molecule has 32 N–H and O–H groups in total. The van der Waals surface area contributed by atoms with Crippen LogP contribution < -0.4 is 91.7 Å². The minimum atomic E-state index is 0.715. The molecule has 0 aliphatic heterocycles. The standard InChI is InChI=1S/C98H221N31/c99-37-4-53-115(54-5-38-100)69-20-77-123(78-21-70-116(55-6-39-101)56-7-40-102)85-28-89-127(90-29-86-124(79-22-71-117(57-8-41-103)58-9-42-104)80-23-72-118(59-10-43-105)60-11-44-106)93-32-95-129(97-36-98-34-2-1-3-35-98)96-33-94-128(91-30-87-125(81-24-73-119(61-12-45-107)62-13-46-108)82-25-74-120(63-14-47-109)64-15-48-110)92-31-88-126(83-26-75-121(65-16-49-111)66-17-50-112)84-27-76-122(67-18-51-113)68-19-52-114/h1-3,34-35H,4-33,36-97,99-114H2. The van der Waals surface area contributed by atoms with Gasteiger partial charge in [-0.1, -0.05) is 30.3 Å². The molecule has 31 nitrogen and oxygen atoms in total. The third kappa shape index (κ3) is 76.6. The summed E-state index contributed by atoms with van der Waals surface area (Å²) in [5.41, 5.74) is 99.1. The van der Waals surface area contributed by atoms with Gasteiger partial charge in [-0.25, -0.2) is 0 Å². The van der Waals surface area contributed by atoms with Crippen molar-refractivity contribution in [3.8, 4) is 0 Å². The molecule has 129 heavy (non-hydrogen) atoms. The molecule has 0 aliphatic carbocycles. The fourth-order valence-electron chi connectivity index (χ4n) is 18.3. The van der Waals surface area contributed by atoms with Crippen LogP contribution in [0.5, 0.6) is 0 Å². The van der Waals surface area contributed by atoms with E-state index in [2.05, 4.69) is 104 Å². The monoisotopic (exact) mass is 1830 g/mol. The van der Waals surface area contributed by atoms with Crippen molar-refractivity contribution >= 4 is 0 Å². The van der Waals surface area contributed by atoms with Crippen LogP contribution in [0.3, 0.4) is 0 Å². The van der Waals surface area contributed by atoms with Crippen molar-refractivity contribution in [2.24, 2.45) is 91.7 Å². The summed E-state index contributed by atoms with van der Waals surface area (Å²) in [5, 5.41) is 0. The number of nitrogens with two attached hydrogens (primary N) is 16. The molecule has 0 radical (unpaired) electrons. The zero-order valence-electron chi connectivity index (χ0n) is 84.4. The normalized spacial score (nSPS) is 12.5. The summed E-state index contributed by atoms with van der Waals surface area (Å²) < 4.78 is 0. The van der Waals surface area contributed by atoms with Gasteiger partial charge < -0.3 is 165 Å². The molecule has 0 bridgehead atoms. The van der Waals surface area contributed by atoms with Crippen LogP contribution in [0.15, 0.2) is 30.3 Å². The molecule has 0 aliphatic rings. The average molecular weight is 1830 g/mol. The van der Waals surface area contributed by atoms with Crippen molar-refractivity contribution < 1.29 is 0 Å². The van der Waals surface area contributed by atoms with Gasteiger partial charge >= 0.3 is 0 Å². The van der Waals surface area contributed by atoms with E-state index in [1.54, 1.807) is 0 Å². The zero-order valence-corrected chi connectivity index (χ0v) is 84.4. The number of benzene rings is 1. The van der Waals surface area contributed by atoms with Crippen LogP contribution in [-0.4, -0.2) is 473 Å². The summed E-state index contributed by atoms with van der Waals surface area (Å²) in [6.07, 6.45) is 33.2. The Morgan fingerprint density at radius 2 is 0.194 bits per heavy atom. The van der Waals surface area contributed by atoms with Crippen LogP contribution in [0.25, 0.3) is 0 Å². The second kappa shape index (κ2) is 96.3. The van der Waals surface area contributed by atoms with E-state index < -0.39 is 0 Å². The number of nitrogens with zero attached hydrogens (tertiary/aromatic N) is 15. The van der Waals surface area contributed by atoms with E-state index in [0.717, 1.165) is 494 Å². The predicted molar refractivity (Wildman–Crippen MR) is 560 cm³/mol. The van der Waals surface area contributed by atoms with Gasteiger partial charge in [-0.15, -0.1) is 0 Å². The van der Waals surface area contributed by atoms with Crippen LogP contribution in [0.2, 0.25) is 0 Å². The largest absolute Gasteiger partial charge is 0.330 e. The van der Waals surface area contributed by atoms with Gasteiger partial charge in [-0.2, -0.15) is 0 Å². The van der Waals surface area contributed by atoms with E-state index in [4.69, 9.17) is 91.7 Å². The van der Waals surface area contributed by atoms with Gasteiger partial charge in [-0.3, -0.25) is 0 Å². The molecule has 1 rings (SSSR count). The third-order valence-electron chi connectivity index (χ3n) is 25.7. The molecule has 0 fully saturated rings. The molecule has 0 amide bonds. The highest BCUT2D eigenvalue weighted by Crippen LogP contribution is 2.14. The van der Waals surface area contributed by atoms with Crippen molar-refractivity contribution in [1.82, 2.24) is 73.5 Å². The third-order valence-corrected chi connectivity index (χ3v) is 25.7. The summed E-state index contributed by atoms with van der Waals surface area (Å²) in [5.74, 6) is 0. The van der Waals surface area contributed by atoms with Crippen molar-refractivity contribution in [2.45, 2.75) is 199 Å². The molecule has 1 aromatic carbocycles.